The van der Waals surface area contributed by atoms with Crippen molar-refractivity contribution in [3.05, 3.63) is 35.9 Å². The summed E-state index contributed by atoms with van der Waals surface area (Å²) in [5, 5.41) is 0. The first-order valence-electron chi connectivity index (χ1n) is 7.18. The molecule has 0 saturated heterocycles. The molecule has 18 heavy (non-hydrogen) atoms. The molecule has 1 heteroatoms. The third-order valence-electron chi connectivity index (χ3n) is 2.24. The second-order valence-corrected chi connectivity index (χ2v) is 4.37. The zero-order valence-corrected chi connectivity index (χ0v) is 12.8. The van der Waals surface area contributed by atoms with Crippen molar-refractivity contribution in [3.8, 4) is 0 Å². The molecule has 1 rings (SSSR count). The van der Waals surface area contributed by atoms with Crippen LogP contribution < -0.4 is 0 Å². The first-order valence-corrected chi connectivity index (χ1v) is 7.18. The van der Waals surface area contributed by atoms with Crippen molar-refractivity contribution >= 4 is 6.29 Å². The van der Waals surface area contributed by atoms with E-state index in [2.05, 4.69) is 51.1 Å². The number of hydrogen-bond donors (Lipinski definition) is 0. The normalized spacial score (nSPS) is 8.78. The Morgan fingerprint density at radius 1 is 1.11 bits per heavy atom. The maximum absolute atomic E-state index is 9.71. The predicted molar refractivity (Wildman–Crippen MR) is 81.9 cm³/mol. The highest BCUT2D eigenvalue weighted by atomic mass is 16.1. The fraction of sp³-hybridized carbons (Fsp3) is 0.588. The first kappa shape index (κ1) is 19.2. The molecular formula is C17H30O. The molecule has 1 aromatic rings. The van der Waals surface area contributed by atoms with Crippen LogP contribution in [-0.2, 0) is 11.2 Å². The van der Waals surface area contributed by atoms with Gasteiger partial charge in [-0.1, -0.05) is 71.4 Å². The van der Waals surface area contributed by atoms with Gasteiger partial charge < -0.3 is 4.79 Å². The topological polar surface area (TPSA) is 17.1 Å². The van der Waals surface area contributed by atoms with Gasteiger partial charge in [0.05, 0.1) is 0 Å². The van der Waals surface area contributed by atoms with Crippen molar-refractivity contribution < 1.29 is 4.79 Å². The van der Waals surface area contributed by atoms with Crippen LogP contribution in [0.5, 0.6) is 0 Å². The SMILES string of the molecule is CC.CC(C)CCC=O.CCCc1ccccc1. The number of benzene rings is 1. The minimum absolute atomic E-state index is 0.671. The standard InChI is InChI=1S/C9H12.C6H12O.C2H6/c1-2-6-9-7-4-3-5-8-9;1-6(2)4-3-5-7;1-2/h3-5,7-8H,2,6H2,1H3;5-6H,3-4H2,1-2H3;1-2H3. The molecule has 0 aliphatic heterocycles. The molecule has 0 bridgehead atoms. The largest absolute Gasteiger partial charge is 0.303 e. The number of carbonyl (C=O) groups is 1. The summed E-state index contributed by atoms with van der Waals surface area (Å²) in [7, 11) is 0. The van der Waals surface area contributed by atoms with Crippen molar-refractivity contribution in [3.63, 3.8) is 0 Å². The van der Waals surface area contributed by atoms with Gasteiger partial charge in [-0.25, -0.2) is 0 Å². The summed E-state index contributed by atoms with van der Waals surface area (Å²) in [6.07, 6.45) is 5.17. The van der Waals surface area contributed by atoms with E-state index in [4.69, 9.17) is 0 Å². The average molecular weight is 250 g/mol. The van der Waals surface area contributed by atoms with E-state index in [1.807, 2.05) is 13.8 Å². The van der Waals surface area contributed by atoms with Crippen LogP contribution in [0.2, 0.25) is 0 Å². The summed E-state index contributed by atoms with van der Waals surface area (Å²) in [5.74, 6) is 0.671. The van der Waals surface area contributed by atoms with Gasteiger partial charge in [-0.2, -0.15) is 0 Å². The summed E-state index contributed by atoms with van der Waals surface area (Å²) in [6, 6.07) is 10.6. The Morgan fingerprint density at radius 3 is 2.00 bits per heavy atom. The highest BCUT2D eigenvalue weighted by Crippen LogP contribution is 2.00. The molecule has 0 aromatic heterocycles. The molecule has 0 aliphatic rings. The first-order chi connectivity index (χ1) is 8.70. The van der Waals surface area contributed by atoms with Crippen LogP contribution in [0.3, 0.4) is 0 Å². The van der Waals surface area contributed by atoms with Gasteiger partial charge in [-0.3, -0.25) is 0 Å². The van der Waals surface area contributed by atoms with Crippen LogP contribution in [0, 0.1) is 5.92 Å². The number of aryl methyl sites for hydroxylation is 1. The number of carbonyl (C=O) groups excluding carboxylic acids is 1. The maximum Gasteiger partial charge on any atom is 0.120 e. The highest BCUT2D eigenvalue weighted by molar-refractivity contribution is 5.48. The monoisotopic (exact) mass is 250 g/mol. The fourth-order valence-corrected chi connectivity index (χ4v) is 1.33. The molecule has 0 heterocycles. The van der Waals surface area contributed by atoms with E-state index in [9.17, 15) is 4.79 Å². The molecule has 0 radical (unpaired) electrons. The number of rotatable bonds is 5. The molecule has 1 aromatic carbocycles. The van der Waals surface area contributed by atoms with Gasteiger partial charge in [-0.15, -0.1) is 0 Å². The van der Waals surface area contributed by atoms with E-state index >= 15 is 0 Å². The quantitative estimate of drug-likeness (QED) is 0.649. The van der Waals surface area contributed by atoms with Crippen LogP contribution in [0.15, 0.2) is 30.3 Å². The molecule has 0 unspecified atom stereocenters. The highest BCUT2D eigenvalue weighted by Gasteiger charge is 1.89. The van der Waals surface area contributed by atoms with Gasteiger partial charge in [0.2, 0.25) is 0 Å². The summed E-state index contributed by atoms with van der Waals surface area (Å²) in [5.41, 5.74) is 1.44. The zero-order chi connectivity index (χ0) is 14.2. The third kappa shape index (κ3) is 14.9. The van der Waals surface area contributed by atoms with Crippen LogP contribution in [0.25, 0.3) is 0 Å². The van der Waals surface area contributed by atoms with Gasteiger partial charge in [0, 0.05) is 6.42 Å². The Bertz CT molecular complexity index is 252. The Labute approximate surface area is 114 Å². The van der Waals surface area contributed by atoms with E-state index in [0.29, 0.717) is 5.92 Å². The van der Waals surface area contributed by atoms with Crippen LogP contribution in [0.1, 0.15) is 59.4 Å². The molecule has 0 amide bonds. The summed E-state index contributed by atoms with van der Waals surface area (Å²) < 4.78 is 0. The zero-order valence-electron chi connectivity index (χ0n) is 12.8. The Hall–Kier alpha value is -1.11. The van der Waals surface area contributed by atoms with Crippen molar-refractivity contribution in [2.45, 2.75) is 60.3 Å². The van der Waals surface area contributed by atoms with Crippen molar-refractivity contribution in [2.24, 2.45) is 5.92 Å². The van der Waals surface area contributed by atoms with E-state index in [1.54, 1.807) is 0 Å². The van der Waals surface area contributed by atoms with Gasteiger partial charge in [0.25, 0.3) is 0 Å². The summed E-state index contributed by atoms with van der Waals surface area (Å²) in [6.45, 7) is 10.4. The Balaban J connectivity index is 0. The predicted octanol–water partition coefficient (Wildman–Crippen LogP) is 5.29. The van der Waals surface area contributed by atoms with Crippen LogP contribution >= 0.6 is 0 Å². The van der Waals surface area contributed by atoms with Crippen molar-refractivity contribution in [2.75, 3.05) is 0 Å². The van der Waals surface area contributed by atoms with E-state index in [1.165, 1.54) is 18.4 Å². The van der Waals surface area contributed by atoms with Gasteiger partial charge in [-0.05, 0) is 24.3 Å². The molecule has 104 valence electrons. The lowest BCUT2D eigenvalue weighted by Crippen LogP contribution is -1.85. The molecule has 0 fully saturated rings. The lowest BCUT2D eigenvalue weighted by molar-refractivity contribution is -0.108. The molecule has 0 saturated carbocycles. The minimum atomic E-state index is 0.671. The maximum atomic E-state index is 9.71. The lowest BCUT2D eigenvalue weighted by atomic mass is 10.1. The van der Waals surface area contributed by atoms with E-state index in [0.717, 1.165) is 19.1 Å². The van der Waals surface area contributed by atoms with Gasteiger partial charge in [0.15, 0.2) is 0 Å². The summed E-state index contributed by atoms with van der Waals surface area (Å²) >= 11 is 0. The van der Waals surface area contributed by atoms with E-state index in [-0.39, 0.29) is 0 Å². The van der Waals surface area contributed by atoms with Crippen molar-refractivity contribution in [1.82, 2.24) is 0 Å². The summed E-state index contributed by atoms with van der Waals surface area (Å²) in [4.78, 5) is 9.71. The average Bonchev–Trinajstić information content (AvgIpc) is 2.41. The van der Waals surface area contributed by atoms with E-state index < -0.39 is 0 Å². The number of aldehydes is 1. The Morgan fingerprint density at radius 2 is 1.67 bits per heavy atom. The molecule has 0 aliphatic carbocycles. The van der Waals surface area contributed by atoms with Crippen molar-refractivity contribution in [1.29, 1.82) is 0 Å². The molecule has 0 spiro atoms. The third-order valence-corrected chi connectivity index (χ3v) is 2.24. The fourth-order valence-electron chi connectivity index (χ4n) is 1.33. The van der Waals surface area contributed by atoms with Gasteiger partial charge >= 0.3 is 0 Å². The molecule has 0 atom stereocenters. The lowest BCUT2D eigenvalue weighted by Gasteiger charge is -1.95. The van der Waals surface area contributed by atoms with Gasteiger partial charge in [0.1, 0.15) is 6.29 Å². The Kier molecular flexibility index (Phi) is 17.0. The molecule has 0 N–H and O–H groups in total. The van der Waals surface area contributed by atoms with Crippen LogP contribution in [0.4, 0.5) is 0 Å². The second kappa shape index (κ2) is 15.9. The smallest absolute Gasteiger partial charge is 0.120 e. The molecular weight excluding hydrogens is 220 g/mol. The second-order valence-electron chi connectivity index (χ2n) is 4.37. The minimum Gasteiger partial charge on any atom is -0.303 e. The molecule has 1 nitrogen and oxygen atoms in total. The number of hydrogen-bond acceptors (Lipinski definition) is 1. The van der Waals surface area contributed by atoms with Crippen LogP contribution in [-0.4, -0.2) is 6.29 Å².